The van der Waals surface area contributed by atoms with E-state index in [1.807, 2.05) is 6.07 Å². The van der Waals surface area contributed by atoms with Crippen LogP contribution in [-0.4, -0.2) is 36.3 Å². The molecule has 0 spiro atoms. The molecule has 4 aromatic carbocycles. The lowest BCUT2D eigenvalue weighted by atomic mass is 10.0. The minimum absolute atomic E-state index is 0.0627. The number of hydrogen-bond donors (Lipinski definition) is 5. The maximum Gasteiger partial charge on any atom is 0.303 e. The van der Waals surface area contributed by atoms with Crippen LogP contribution in [0, 0.1) is 13.8 Å². The molecule has 9 nitrogen and oxygen atoms in total. The summed E-state index contributed by atoms with van der Waals surface area (Å²) in [6.07, 6.45) is 0.177. The number of hydrogen-bond acceptors (Lipinski definition) is 6. The van der Waals surface area contributed by atoms with Crippen molar-refractivity contribution in [2.24, 2.45) is 0 Å². The summed E-state index contributed by atoms with van der Waals surface area (Å²) < 4.78 is 28.0. The zero-order chi connectivity index (χ0) is 33.2. The summed E-state index contributed by atoms with van der Waals surface area (Å²) in [5, 5.41) is 14.7. The van der Waals surface area contributed by atoms with Crippen molar-refractivity contribution in [1.29, 1.82) is 0 Å². The lowest BCUT2D eigenvalue weighted by Crippen LogP contribution is -2.17. The number of rotatable bonds is 10. The summed E-state index contributed by atoms with van der Waals surface area (Å²) in [7, 11) is -4.15. The molecular weight excluding hydrogens is 646 g/mol. The van der Waals surface area contributed by atoms with Crippen LogP contribution in [0.1, 0.15) is 55.6 Å². The van der Waals surface area contributed by atoms with Gasteiger partial charge in [-0.1, -0.05) is 35.9 Å². The SMILES string of the molecule is Cc1cc(C)cc(S(=O)(=O)c2c(C(=O)Nc3ccc(NC(=O)c4ccccc4C(S)CCC(=O)O)cc3)[nH]c3ccc(Cl)cc23)c1. The van der Waals surface area contributed by atoms with Crippen LogP contribution in [-0.2, 0) is 14.6 Å². The van der Waals surface area contributed by atoms with Gasteiger partial charge in [0.15, 0.2) is 0 Å². The first-order valence-corrected chi connectivity index (χ1v) is 16.6. The Labute approximate surface area is 276 Å². The van der Waals surface area contributed by atoms with Gasteiger partial charge in [0.1, 0.15) is 10.6 Å². The van der Waals surface area contributed by atoms with Crippen LogP contribution >= 0.6 is 24.2 Å². The van der Waals surface area contributed by atoms with Gasteiger partial charge in [-0.05, 0) is 97.6 Å². The monoisotopic (exact) mass is 675 g/mol. The van der Waals surface area contributed by atoms with Crippen molar-refractivity contribution in [2.75, 3.05) is 10.6 Å². The quantitative estimate of drug-likeness (QED) is 0.0964. The van der Waals surface area contributed by atoms with Gasteiger partial charge in [-0.25, -0.2) is 8.42 Å². The van der Waals surface area contributed by atoms with E-state index in [0.717, 1.165) is 11.1 Å². The molecule has 236 valence electrons. The summed E-state index contributed by atoms with van der Waals surface area (Å²) in [5.74, 6) is -2.02. The van der Waals surface area contributed by atoms with E-state index in [1.165, 1.54) is 6.07 Å². The summed E-state index contributed by atoms with van der Waals surface area (Å²) in [5.41, 5.74) is 3.60. The molecule has 2 amide bonds. The number of carboxylic acids is 1. The Kier molecular flexibility index (Phi) is 9.57. The summed E-state index contributed by atoms with van der Waals surface area (Å²) in [6.45, 7) is 3.60. The van der Waals surface area contributed by atoms with Crippen molar-refractivity contribution in [1.82, 2.24) is 4.98 Å². The van der Waals surface area contributed by atoms with Gasteiger partial charge in [0.2, 0.25) is 9.84 Å². The number of aryl methyl sites for hydroxylation is 2. The summed E-state index contributed by atoms with van der Waals surface area (Å²) in [6, 6.07) is 22.9. The Morgan fingerprint density at radius 3 is 2.11 bits per heavy atom. The molecule has 1 aromatic heterocycles. The molecule has 1 unspecified atom stereocenters. The number of carbonyl (C=O) groups excluding carboxylic acids is 2. The van der Waals surface area contributed by atoms with Crippen LogP contribution in [0.3, 0.4) is 0 Å². The van der Waals surface area contributed by atoms with Crippen molar-refractivity contribution >= 4 is 74.1 Å². The van der Waals surface area contributed by atoms with E-state index < -0.39 is 32.9 Å². The van der Waals surface area contributed by atoms with Gasteiger partial charge >= 0.3 is 5.97 Å². The van der Waals surface area contributed by atoms with Crippen molar-refractivity contribution in [3.63, 3.8) is 0 Å². The first-order valence-electron chi connectivity index (χ1n) is 14.2. The summed E-state index contributed by atoms with van der Waals surface area (Å²) in [4.78, 5) is 40.5. The van der Waals surface area contributed by atoms with Gasteiger partial charge in [0, 0.05) is 44.5 Å². The zero-order valence-electron chi connectivity index (χ0n) is 24.8. The van der Waals surface area contributed by atoms with Crippen LogP contribution in [0.5, 0.6) is 0 Å². The molecule has 4 N–H and O–H groups in total. The van der Waals surface area contributed by atoms with Gasteiger partial charge < -0.3 is 20.7 Å². The highest BCUT2D eigenvalue weighted by Crippen LogP contribution is 2.35. The number of thiol groups is 1. The average Bonchev–Trinajstić information content (AvgIpc) is 3.40. The predicted molar refractivity (Wildman–Crippen MR) is 182 cm³/mol. The van der Waals surface area contributed by atoms with Crippen LogP contribution in [0.2, 0.25) is 5.02 Å². The van der Waals surface area contributed by atoms with Gasteiger partial charge in [-0.3, -0.25) is 14.4 Å². The number of sulfone groups is 1. The van der Waals surface area contributed by atoms with Crippen LogP contribution in [0.15, 0.2) is 94.7 Å². The molecule has 1 heterocycles. The molecular formula is C34H30ClN3O6S2. The fourth-order valence-corrected chi connectivity index (χ4v) is 7.54. The lowest BCUT2D eigenvalue weighted by molar-refractivity contribution is -0.137. The average molecular weight is 676 g/mol. The number of H-pyrrole nitrogens is 1. The number of nitrogens with one attached hydrogen (secondary N) is 3. The van der Waals surface area contributed by atoms with E-state index in [-0.39, 0.29) is 28.3 Å². The van der Waals surface area contributed by atoms with Gasteiger partial charge in [0.25, 0.3) is 11.8 Å². The number of amides is 2. The minimum atomic E-state index is -4.15. The third kappa shape index (κ3) is 7.12. The van der Waals surface area contributed by atoms with E-state index in [0.29, 0.717) is 38.4 Å². The number of benzene rings is 4. The molecule has 0 saturated carbocycles. The normalized spacial score (nSPS) is 12.1. The second-order valence-corrected chi connectivity index (χ2v) is 13.8. The maximum absolute atomic E-state index is 14.0. The van der Waals surface area contributed by atoms with E-state index >= 15 is 0 Å². The third-order valence-corrected chi connectivity index (χ3v) is 9.90. The largest absolute Gasteiger partial charge is 0.481 e. The van der Waals surface area contributed by atoms with Crippen LogP contribution in [0.25, 0.3) is 10.9 Å². The number of fused-ring (bicyclic) bond motifs is 1. The number of halogens is 1. The highest BCUT2D eigenvalue weighted by Gasteiger charge is 2.30. The number of carboxylic acid groups (broad SMARTS) is 1. The number of aromatic amines is 1. The highest BCUT2D eigenvalue weighted by molar-refractivity contribution is 7.91. The Hall–Kier alpha value is -4.58. The first kappa shape index (κ1) is 32.8. The number of aliphatic carboxylic acids is 1. The predicted octanol–water partition coefficient (Wildman–Crippen LogP) is 7.61. The van der Waals surface area contributed by atoms with Crippen molar-refractivity contribution in [3.05, 3.63) is 118 Å². The fraction of sp³-hybridized carbons (Fsp3) is 0.147. The minimum Gasteiger partial charge on any atom is -0.481 e. The molecule has 5 rings (SSSR count). The standard InChI is InChI=1S/C34H30ClN3O6S2/c1-19-15-20(2)17-24(16-19)46(43,44)32-27-18-21(35)7-12-28(27)38-31(32)34(42)37-23-10-8-22(9-11-23)36-33(41)26-6-4-3-5-25(26)29(45)13-14-30(39)40/h3-12,15-18,29,38,45H,13-14H2,1-2H3,(H,36,41)(H,37,42)(H,39,40). The Bertz CT molecular complexity index is 2070. The topological polar surface area (TPSA) is 145 Å². The third-order valence-electron chi connectivity index (χ3n) is 7.31. The molecule has 0 aliphatic rings. The van der Waals surface area contributed by atoms with E-state index in [4.69, 9.17) is 16.7 Å². The van der Waals surface area contributed by atoms with Crippen LogP contribution < -0.4 is 10.6 Å². The smallest absolute Gasteiger partial charge is 0.303 e. The van der Waals surface area contributed by atoms with E-state index in [9.17, 15) is 22.8 Å². The maximum atomic E-state index is 14.0. The fourth-order valence-electron chi connectivity index (χ4n) is 5.22. The van der Waals surface area contributed by atoms with E-state index in [1.54, 1.807) is 86.6 Å². The molecule has 1 atom stereocenters. The molecule has 12 heteroatoms. The number of carbonyl (C=O) groups is 3. The number of anilines is 2. The molecule has 5 aromatic rings. The Morgan fingerprint density at radius 2 is 1.48 bits per heavy atom. The molecule has 0 radical (unpaired) electrons. The highest BCUT2D eigenvalue weighted by atomic mass is 35.5. The second kappa shape index (κ2) is 13.4. The molecule has 0 bridgehead atoms. The molecule has 0 aliphatic carbocycles. The molecule has 0 saturated heterocycles. The van der Waals surface area contributed by atoms with Gasteiger partial charge in [0.05, 0.1) is 4.90 Å². The van der Waals surface area contributed by atoms with Crippen molar-refractivity contribution in [2.45, 2.75) is 41.7 Å². The molecule has 0 fully saturated rings. The van der Waals surface area contributed by atoms with Gasteiger partial charge in [-0.15, -0.1) is 0 Å². The van der Waals surface area contributed by atoms with Crippen molar-refractivity contribution in [3.8, 4) is 0 Å². The molecule has 0 aliphatic heterocycles. The van der Waals surface area contributed by atoms with Crippen molar-refractivity contribution < 1.29 is 27.9 Å². The lowest BCUT2D eigenvalue weighted by Gasteiger charge is -2.15. The zero-order valence-corrected chi connectivity index (χ0v) is 27.3. The Morgan fingerprint density at radius 1 is 0.870 bits per heavy atom. The number of aromatic nitrogens is 1. The van der Waals surface area contributed by atoms with Crippen LogP contribution in [0.4, 0.5) is 11.4 Å². The van der Waals surface area contributed by atoms with Gasteiger partial charge in [-0.2, -0.15) is 12.6 Å². The first-order chi connectivity index (χ1) is 21.8. The molecule has 46 heavy (non-hydrogen) atoms. The summed E-state index contributed by atoms with van der Waals surface area (Å²) >= 11 is 10.7. The van der Waals surface area contributed by atoms with E-state index in [2.05, 4.69) is 28.2 Å². The Balaban J connectivity index is 1.39. The second-order valence-electron chi connectivity index (χ2n) is 10.9.